The van der Waals surface area contributed by atoms with Crippen molar-refractivity contribution in [1.29, 1.82) is 0 Å². The van der Waals surface area contributed by atoms with E-state index in [-0.39, 0.29) is 0 Å². The monoisotopic (exact) mass is 197 g/mol. The van der Waals surface area contributed by atoms with Gasteiger partial charge in [-0.3, -0.25) is 0 Å². The summed E-state index contributed by atoms with van der Waals surface area (Å²) in [6, 6.07) is 0.482. The molecule has 84 valence electrons. The van der Waals surface area contributed by atoms with Gasteiger partial charge in [-0.2, -0.15) is 0 Å². The van der Waals surface area contributed by atoms with E-state index in [0.717, 1.165) is 11.8 Å². The molecule has 0 heterocycles. The highest BCUT2D eigenvalue weighted by Gasteiger charge is 2.21. The molecule has 0 aromatic heterocycles. The molecular formula is C13H27N. The molecule has 1 heteroatoms. The van der Waals surface area contributed by atoms with Crippen LogP contribution in [0.5, 0.6) is 0 Å². The van der Waals surface area contributed by atoms with Crippen LogP contribution in [-0.4, -0.2) is 6.04 Å². The lowest BCUT2D eigenvalue weighted by atomic mass is 9.89. The van der Waals surface area contributed by atoms with E-state index in [0.29, 0.717) is 6.04 Å². The Morgan fingerprint density at radius 1 is 1.14 bits per heavy atom. The second-order valence-corrected chi connectivity index (χ2v) is 5.00. The molecular weight excluding hydrogens is 170 g/mol. The maximum atomic E-state index is 6.22. The van der Waals surface area contributed by atoms with Crippen LogP contribution in [0.15, 0.2) is 0 Å². The van der Waals surface area contributed by atoms with Gasteiger partial charge in [0.1, 0.15) is 0 Å². The Kier molecular flexibility index (Phi) is 5.54. The molecule has 1 aliphatic rings. The minimum absolute atomic E-state index is 0.482. The zero-order valence-electron chi connectivity index (χ0n) is 9.97. The van der Waals surface area contributed by atoms with Crippen LogP contribution >= 0.6 is 0 Å². The van der Waals surface area contributed by atoms with Crippen molar-refractivity contribution in [2.24, 2.45) is 17.6 Å². The molecule has 0 aromatic carbocycles. The predicted molar refractivity (Wildman–Crippen MR) is 63.2 cm³/mol. The van der Waals surface area contributed by atoms with Crippen molar-refractivity contribution in [2.75, 3.05) is 0 Å². The van der Waals surface area contributed by atoms with Gasteiger partial charge < -0.3 is 5.73 Å². The molecule has 3 atom stereocenters. The lowest BCUT2D eigenvalue weighted by Crippen LogP contribution is -2.29. The van der Waals surface area contributed by atoms with E-state index >= 15 is 0 Å². The lowest BCUT2D eigenvalue weighted by Gasteiger charge is -2.21. The van der Waals surface area contributed by atoms with E-state index in [1.807, 2.05) is 0 Å². The van der Waals surface area contributed by atoms with Crippen molar-refractivity contribution in [3.8, 4) is 0 Å². The van der Waals surface area contributed by atoms with Crippen molar-refractivity contribution in [3.63, 3.8) is 0 Å². The van der Waals surface area contributed by atoms with Gasteiger partial charge in [-0.25, -0.2) is 0 Å². The highest BCUT2D eigenvalue weighted by atomic mass is 14.6. The molecule has 14 heavy (non-hydrogen) atoms. The third-order valence-electron chi connectivity index (χ3n) is 3.94. The molecule has 0 radical (unpaired) electrons. The van der Waals surface area contributed by atoms with E-state index in [4.69, 9.17) is 5.73 Å². The van der Waals surface area contributed by atoms with E-state index in [9.17, 15) is 0 Å². The smallest absolute Gasteiger partial charge is 0.00670 e. The average molecular weight is 197 g/mol. The first-order chi connectivity index (χ1) is 6.77. The van der Waals surface area contributed by atoms with Crippen LogP contribution in [0.25, 0.3) is 0 Å². The summed E-state index contributed by atoms with van der Waals surface area (Å²) in [5.74, 6) is 1.82. The predicted octanol–water partition coefficient (Wildman–Crippen LogP) is 3.72. The van der Waals surface area contributed by atoms with Gasteiger partial charge in [0, 0.05) is 6.04 Å². The fourth-order valence-corrected chi connectivity index (χ4v) is 2.81. The highest BCUT2D eigenvalue weighted by Crippen LogP contribution is 2.31. The van der Waals surface area contributed by atoms with Crippen LogP contribution in [0, 0.1) is 11.8 Å². The maximum absolute atomic E-state index is 6.22. The maximum Gasteiger partial charge on any atom is 0.00670 e. The summed E-state index contributed by atoms with van der Waals surface area (Å²) in [7, 11) is 0. The molecule has 0 aliphatic heterocycles. The minimum Gasteiger partial charge on any atom is -0.327 e. The third-order valence-corrected chi connectivity index (χ3v) is 3.94. The number of rotatable bonds is 4. The topological polar surface area (TPSA) is 26.0 Å². The molecule has 1 fully saturated rings. The quantitative estimate of drug-likeness (QED) is 0.683. The summed E-state index contributed by atoms with van der Waals surface area (Å²) in [5, 5.41) is 0. The Morgan fingerprint density at radius 2 is 1.93 bits per heavy atom. The first kappa shape index (κ1) is 12.0. The summed E-state index contributed by atoms with van der Waals surface area (Å²) in [6.45, 7) is 4.57. The lowest BCUT2D eigenvalue weighted by molar-refractivity contribution is 0.349. The molecule has 0 aromatic rings. The van der Waals surface area contributed by atoms with Gasteiger partial charge in [-0.15, -0.1) is 0 Å². The molecule has 1 rings (SSSR count). The van der Waals surface area contributed by atoms with Crippen LogP contribution in [0.4, 0.5) is 0 Å². The summed E-state index contributed by atoms with van der Waals surface area (Å²) in [4.78, 5) is 0. The molecule has 1 saturated carbocycles. The normalized spacial score (nSPS) is 31.1. The summed E-state index contributed by atoms with van der Waals surface area (Å²) in [5.41, 5.74) is 6.22. The summed E-state index contributed by atoms with van der Waals surface area (Å²) >= 11 is 0. The van der Waals surface area contributed by atoms with Gasteiger partial charge in [0.15, 0.2) is 0 Å². The van der Waals surface area contributed by atoms with E-state index < -0.39 is 0 Å². The van der Waals surface area contributed by atoms with E-state index in [1.165, 1.54) is 51.4 Å². The van der Waals surface area contributed by atoms with Crippen molar-refractivity contribution >= 4 is 0 Å². The van der Waals surface area contributed by atoms with Gasteiger partial charge >= 0.3 is 0 Å². The molecule has 3 unspecified atom stereocenters. The average Bonchev–Trinajstić information content (AvgIpc) is 2.42. The Hall–Kier alpha value is -0.0400. The molecule has 1 nitrogen and oxygen atoms in total. The molecule has 1 aliphatic carbocycles. The molecule has 0 amide bonds. The van der Waals surface area contributed by atoms with Gasteiger partial charge in [-0.1, -0.05) is 46.0 Å². The first-order valence-corrected chi connectivity index (χ1v) is 6.53. The molecule has 0 bridgehead atoms. The zero-order chi connectivity index (χ0) is 10.4. The fraction of sp³-hybridized carbons (Fsp3) is 1.00. The Bertz CT molecular complexity index is 144. The van der Waals surface area contributed by atoms with Crippen molar-refractivity contribution in [3.05, 3.63) is 0 Å². The van der Waals surface area contributed by atoms with Gasteiger partial charge in [0.25, 0.3) is 0 Å². The van der Waals surface area contributed by atoms with E-state index in [2.05, 4.69) is 13.8 Å². The van der Waals surface area contributed by atoms with Crippen molar-refractivity contribution < 1.29 is 0 Å². The van der Waals surface area contributed by atoms with Crippen LogP contribution in [0.1, 0.15) is 65.2 Å². The molecule has 0 spiro atoms. The summed E-state index contributed by atoms with van der Waals surface area (Å²) in [6.07, 6.45) is 10.9. The van der Waals surface area contributed by atoms with Gasteiger partial charge in [0.2, 0.25) is 0 Å². The SMILES string of the molecule is CCCC(N)C1CCCC(CC)CC1. The Balaban J connectivity index is 2.33. The van der Waals surface area contributed by atoms with Crippen LogP contribution in [0.3, 0.4) is 0 Å². The van der Waals surface area contributed by atoms with Crippen molar-refractivity contribution in [1.82, 2.24) is 0 Å². The third kappa shape index (κ3) is 3.61. The van der Waals surface area contributed by atoms with Gasteiger partial charge in [-0.05, 0) is 31.1 Å². The number of hydrogen-bond acceptors (Lipinski definition) is 1. The van der Waals surface area contributed by atoms with E-state index in [1.54, 1.807) is 0 Å². The highest BCUT2D eigenvalue weighted by molar-refractivity contribution is 4.77. The molecule has 2 N–H and O–H groups in total. The second kappa shape index (κ2) is 6.44. The Morgan fingerprint density at radius 3 is 2.57 bits per heavy atom. The minimum atomic E-state index is 0.482. The van der Waals surface area contributed by atoms with Crippen LogP contribution in [0.2, 0.25) is 0 Å². The molecule has 0 saturated heterocycles. The van der Waals surface area contributed by atoms with Crippen LogP contribution in [-0.2, 0) is 0 Å². The Labute approximate surface area is 89.5 Å². The zero-order valence-corrected chi connectivity index (χ0v) is 9.97. The van der Waals surface area contributed by atoms with Crippen molar-refractivity contribution in [2.45, 2.75) is 71.3 Å². The fourth-order valence-electron chi connectivity index (χ4n) is 2.81. The van der Waals surface area contributed by atoms with Gasteiger partial charge in [0.05, 0.1) is 0 Å². The first-order valence-electron chi connectivity index (χ1n) is 6.53. The standard InChI is InChI=1S/C13H27N/c1-3-6-13(14)12-8-5-7-11(4-2)9-10-12/h11-13H,3-10,14H2,1-2H3. The number of hydrogen-bond donors (Lipinski definition) is 1. The second-order valence-electron chi connectivity index (χ2n) is 5.00. The van der Waals surface area contributed by atoms with Crippen LogP contribution < -0.4 is 5.73 Å². The summed E-state index contributed by atoms with van der Waals surface area (Å²) < 4.78 is 0. The number of nitrogens with two attached hydrogens (primary N) is 1. The largest absolute Gasteiger partial charge is 0.327 e.